The Kier molecular flexibility index (Phi) is 2.41. The zero-order chi connectivity index (χ0) is 10.9. The monoisotopic (exact) mass is 203 g/mol. The molecule has 0 fully saturated rings. The first-order valence-electron chi connectivity index (χ1n) is 3.30. The van der Waals surface area contributed by atoms with Crippen LogP contribution >= 0.6 is 0 Å². The van der Waals surface area contributed by atoms with Gasteiger partial charge in [-0.15, -0.1) is 0 Å². The molecule has 0 unspecified atom stereocenters. The largest absolute Gasteiger partial charge is 0.478 e. The lowest BCUT2D eigenvalue weighted by Crippen LogP contribution is -2.02. The van der Waals surface area contributed by atoms with E-state index < -0.39 is 33.8 Å². The van der Waals surface area contributed by atoms with E-state index in [1.54, 1.807) is 0 Å². The van der Waals surface area contributed by atoms with Crippen molar-refractivity contribution in [3.05, 3.63) is 39.4 Å². The van der Waals surface area contributed by atoms with Crippen LogP contribution in [-0.2, 0) is 0 Å². The maximum Gasteiger partial charge on any atom is 0.336 e. The molecule has 0 aliphatic heterocycles. The summed E-state index contributed by atoms with van der Waals surface area (Å²) in [6, 6.07) is 0.839. The van der Waals surface area contributed by atoms with Crippen LogP contribution in [0.1, 0.15) is 10.4 Å². The van der Waals surface area contributed by atoms with Gasteiger partial charge in [0.2, 0.25) is 5.82 Å². The van der Waals surface area contributed by atoms with Crippen LogP contribution in [0.25, 0.3) is 0 Å². The maximum atomic E-state index is 12.7. The number of nitro benzene ring substituents is 1. The molecule has 1 rings (SSSR count). The number of halogens is 2. The van der Waals surface area contributed by atoms with Crippen molar-refractivity contribution >= 4 is 11.7 Å². The normalized spacial score (nSPS) is 9.86. The summed E-state index contributed by atoms with van der Waals surface area (Å²) in [4.78, 5) is 19.3. The molecule has 14 heavy (non-hydrogen) atoms. The molecule has 0 bridgehead atoms. The molecule has 1 aromatic carbocycles. The van der Waals surface area contributed by atoms with Crippen LogP contribution in [0.5, 0.6) is 0 Å². The highest BCUT2D eigenvalue weighted by atomic mass is 19.2. The first-order chi connectivity index (χ1) is 6.43. The molecular formula is C7H3F2NO4. The minimum Gasteiger partial charge on any atom is -0.478 e. The first kappa shape index (κ1) is 10.0. The number of aromatic carboxylic acids is 1. The van der Waals surface area contributed by atoms with Crippen molar-refractivity contribution in [1.82, 2.24) is 0 Å². The van der Waals surface area contributed by atoms with Crippen LogP contribution in [0.3, 0.4) is 0 Å². The fraction of sp³-hybridized carbons (Fsp3) is 0. The van der Waals surface area contributed by atoms with Crippen LogP contribution in [0, 0.1) is 21.7 Å². The Morgan fingerprint density at radius 1 is 1.43 bits per heavy atom. The van der Waals surface area contributed by atoms with E-state index in [1.807, 2.05) is 0 Å². The van der Waals surface area contributed by atoms with Crippen LogP contribution in [0.4, 0.5) is 14.5 Å². The quantitative estimate of drug-likeness (QED) is 0.584. The van der Waals surface area contributed by atoms with Gasteiger partial charge >= 0.3 is 11.7 Å². The van der Waals surface area contributed by atoms with Gasteiger partial charge in [-0.05, 0) is 6.07 Å². The Bertz CT molecular complexity index is 418. The summed E-state index contributed by atoms with van der Waals surface area (Å²) in [6.07, 6.45) is 0. The standard InChI is InChI=1S/C7H3F2NO4/c8-4-1-3(7(11)12)2-5(6(4)9)10(13)14/h1-2H,(H,11,12). The van der Waals surface area contributed by atoms with Gasteiger partial charge in [0.15, 0.2) is 5.82 Å². The average molecular weight is 203 g/mol. The van der Waals surface area contributed by atoms with Gasteiger partial charge in [-0.3, -0.25) is 10.1 Å². The van der Waals surface area contributed by atoms with Gasteiger partial charge in [0, 0.05) is 6.07 Å². The minimum atomic E-state index is -1.67. The smallest absolute Gasteiger partial charge is 0.336 e. The second-order valence-corrected chi connectivity index (χ2v) is 2.35. The highest BCUT2D eigenvalue weighted by molar-refractivity contribution is 5.88. The number of carboxylic acid groups (broad SMARTS) is 1. The Balaban J connectivity index is 3.43. The van der Waals surface area contributed by atoms with E-state index in [4.69, 9.17) is 5.11 Å². The minimum absolute atomic E-state index is 0.380. The fourth-order valence-electron chi connectivity index (χ4n) is 0.831. The third-order valence-electron chi connectivity index (χ3n) is 1.45. The molecule has 1 N–H and O–H groups in total. The van der Waals surface area contributed by atoms with Crippen molar-refractivity contribution in [1.29, 1.82) is 0 Å². The predicted octanol–water partition coefficient (Wildman–Crippen LogP) is 1.57. The molecule has 0 radical (unpaired) electrons. The molecule has 0 amide bonds. The molecule has 0 atom stereocenters. The number of carboxylic acids is 1. The zero-order valence-electron chi connectivity index (χ0n) is 6.53. The van der Waals surface area contributed by atoms with Gasteiger partial charge in [0.1, 0.15) is 0 Å². The van der Waals surface area contributed by atoms with Crippen molar-refractivity contribution in [2.45, 2.75) is 0 Å². The molecular weight excluding hydrogens is 200 g/mol. The van der Waals surface area contributed by atoms with Gasteiger partial charge in [-0.1, -0.05) is 0 Å². The summed E-state index contributed by atoms with van der Waals surface area (Å²) in [5.41, 5.74) is -1.86. The molecule has 0 heterocycles. The van der Waals surface area contributed by atoms with Crippen LogP contribution < -0.4 is 0 Å². The molecule has 1 aromatic rings. The number of nitrogens with zero attached hydrogens (tertiary/aromatic N) is 1. The zero-order valence-corrected chi connectivity index (χ0v) is 6.53. The summed E-state index contributed by atoms with van der Waals surface area (Å²) in [5.74, 6) is -4.79. The maximum absolute atomic E-state index is 12.7. The number of carbonyl (C=O) groups is 1. The van der Waals surface area contributed by atoms with E-state index in [0.29, 0.717) is 12.1 Å². The molecule has 0 saturated carbocycles. The highest BCUT2D eigenvalue weighted by Gasteiger charge is 2.22. The number of hydrogen-bond donors (Lipinski definition) is 1. The Labute approximate surface area is 75.7 Å². The Morgan fingerprint density at radius 2 is 2.00 bits per heavy atom. The van der Waals surface area contributed by atoms with Crippen molar-refractivity contribution < 1.29 is 23.6 Å². The number of rotatable bonds is 2. The van der Waals surface area contributed by atoms with Gasteiger partial charge in [-0.2, -0.15) is 4.39 Å². The molecule has 0 aliphatic rings. The molecule has 0 aromatic heterocycles. The topological polar surface area (TPSA) is 80.4 Å². The third kappa shape index (κ3) is 1.65. The number of hydrogen-bond acceptors (Lipinski definition) is 3. The summed E-state index contributed by atoms with van der Waals surface area (Å²) in [6.45, 7) is 0. The summed E-state index contributed by atoms with van der Waals surface area (Å²) >= 11 is 0. The van der Waals surface area contributed by atoms with Crippen LogP contribution in [0.2, 0.25) is 0 Å². The van der Waals surface area contributed by atoms with Gasteiger partial charge in [-0.25, -0.2) is 9.18 Å². The van der Waals surface area contributed by atoms with Crippen molar-refractivity contribution in [3.63, 3.8) is 0 Å². The molecule has 0 aliphatic carbocycles. The van der Waals surface area contributed by atoms with E-state index in [0.717, 1.165) is 0 Å². The Hall–Kier alpha value is -2.05. The van der Waals surface area contributed by atoms with Crippen molar-refractivity contribution in [2.24, 2.45) is 0 Å². The third-order valence-corrected chi connectivity index (χ3v) is 1.45. The van der Waals surface area contributed by atoms with E-state index in [-0.39, 0.29) is 0 Å². The average Bonchev–Trinajstić information content (AvgIpc) is 2.08. The molecule has 7 heteroatoms. The fourth-order valence-corrected chi connectivity index (χ4v) is 0.831. The van der Waals surface area contributed by atoms with Crippen molar-refractivity contribution in [3.8, 4) is 0 Å². The highest BCUT2D eigenvalue weighted by Crippen LogP contribution is 2.21. The second-order valence-electron chi connectivity index (χ2n) is 2.35. The number of benzene rings is 1. The van der Waals surface area contributed by atoms with Gasteiger partial charge in [0.25, 0.3) is 0 Å². The van der Waals surface area contributed by atoms with E-state index in [1.165, 1.54) is 0 Å². The molecule has 0 saturated heterocycles. The van der Waals surface area contributed by atoms with Gasteiger partial charge < -0.3 is 5.11 Å². The SMILES string of the molecule is O=C(O)c1cc(F)c(F)c([N+](=O)[O-])c1. The second kappa shape index (κ2) is 3.36. The summed E-state index contributed by atoms with van der Waals surface area (Å²) in [7, 11) is 0. The van der Waals surface area contributed by atoms with Crippen LogP contribution in [-0.4, -0.2) is 16.0 Å². The van der Waals surface area contributed by atoms with Gasteiger partial charge in [0.05, 0.1) is 10.5 Å². The lowest BCUT2D eigenvalue weighted by atomic mass is 10.2. The predicted molar refractivity (Wildman–Crippen MR) is 40.0 cm³/mol. The van der Waals surface area contributed by atoms with E-state index in [2.05, 4.69) is 0 Å². The summed E-state index contributed by atoms with van der Waals surface area (Å²) in [5, 5.41) is 18.5. The lowest BCUT2D eigenvalue weighted by molar-refractivity contribution is -0.387. The molecule has 5 nitrogen and oxygen atoms in total. The molecule has 74 valence electrons. The summed E-state index contributed by atoms with van der Waals surface area (Å²) < 4.78 is 25.3. The Morgan fingerprint density at radius 3 is 2.43 bits per heavy atom. The van der Waals surface area contributed by atoms with Crippen LogP contribution in [0.15, 0.2) is 12.1 Å². The number of nitro groups is 1. The van der Waals surface area contributed by atoms with Crippen molar-refractivity contribution in [2.75, 3.05) is 0 Å². The first-order valence-corrected chi connectivity index (χ1v) is 3.30. The lowest BCUT2D eigenvalue weighted by Gasteiger charge is -1.97. The van der Waals surface area contributed by atoms with E-state index >= 15 is 0 Å². The molecule has 0 spiro atoms. The van der Waals surface area contributed by atoms with E-state index in [9.17, 15) is 23.7 Å².